The van der Waals surface area contributed by atoms with E-state index in [0.29, 0.717) is 5.70 Å². The Morgan fingerprint density at radius 2 is 1.49 bits per heavy atom. The van der Waals surface area contributed by atoms with Crippen molar-refractivity contribution in [2.75, 3.05) is 7.11 Å². The number of pyridine rings is 1. The normalized spacial score (nSPS) is 11.4. The minimum Gasteiger partial charge on any atom is -0.493 e. The van der Waals surface area contributed by atoms with Gasteiger partial charge in [-0.15, -0.1) is 0 Å². The molecule has 0 bridgehead atoms. The van der Waals surface area contributed by atoms with Crippen LogP contribution in [0.3, 0.4) is 0 Å². The topological polar surface area (TPSA) is 107 Å². The number of carbonyl (C=O) groups excluding carboxylic acids is 3. The van der Waals surface area contributed by atoms with Gasteiger partial charge in [0.15, 0.2) is 11.4 Å². The third-order valence-electron chi connectivity index (χ3n) is 6.02. The van der Waals surface area contributed by atoms with Crippen LogP contribution >= 0.6 is 0 Å². The molecule has 2 N–H and O–H groups in total. The average Bonchev–Trinajstić information content (AvgIpc) is 2.88. The molecule has 3 rings (SSSR count). The molecule has 204 valence electrons. The Morgan fingerprint density at radius 1 is 0.897 bits per heavy atom. The lowest BCUT2D eigenvalue weighted by Crippen LogP contribution is -2.44. The van der Waals surface area contributed by atoms with Gasteiger partial charge >= 0.3 is 5.97 Å². The van der Waals surface area contributed by atoms with Gasteiger partial charge in [0.2, 0.25) is 11.7 Å². The second kappa shape index (κ2) is 12.9. The number of nitrogens with one attached hydrogen (secondary N) is 2. The third-order valence-corrected chi connectivity index (χ3v) is 6.02. The van der Waals surface area contributed by atoms with E-state index in [-0.39, 0.29) is 17.2 Å². The number of rotatable bonds is 9. The molecule has 8 heteroatoms. The van der Waals surface area contributed by atoms with Crippen LogP contribution in [0.15, 0.2) is 66.5 Å². The lowest BCUT2D eigenvalue weighted by molar-refractivity contribution is -0.137. The molecule has 1 heterocycles. The van der Waals surface area contributed by atoms with Gasteiger partial charge < -0.3 is 20.1 Å². The highest BCUT2D eigenvalue weighted by atomic mass is 16.6. The fourth-order valence-corrected chi connectivity index (χ4v) is 3.96. The number of aryl methyl sites for hydroxylation is 2. The number of aromatic nitrogens is 1. The summed E-state index contributed by atoms with van der Waals surface area (Å²) >= 11 is 0. The van der Waals surface area contributed by atoms with E-state index in [0.717, 1.165) is 27.8 Å². The van der Waals surface area contributed by atoms with Gasteiger partial charge in [-0.05, 0) is 38.8 Å². The number of benzene rings is 2. The van der Waals surface area contributed by atoms with Crippen molar-refractivity contribution >= 4 is 23.4 Å². The maximum absolute atomic E-state index is 13.2. The molecule has 0 radical (unpaired) electrons. The predicted octanol–water partition coefficient (Wildman–Crippen LogP) is 4.98. The van der Waals surface area contributed by atoms with Gasteiger partial charge in [-0.1, -0.05) is 73.5 Å². The molecule has 39 heavy (non-hydrogen) atoms. The number of esters is 1. The summed E-state index contributed by atoms with van der Waals surface area (Å²) in [6.07, 6.45) is 1.37. The van der Waals surface area contributed by atoms with Crippen LogP contribution in [0.4, 0.5) is 0 Å². The Bertz CT molecular complexity index is 1360. The van der Waals surface area contributed by atoms with Crippen molar-refractivity contribution in [1.82, 2.24) is 15.6 Å². The third kappa shape index (κ3) is 7.31. The second-order valence-corrected chi connectivity index (χ2v) is 9.69. The highest BCUT2D eigenvalue weighted by Gasteiger charge is 2.26. The van der Waals surface area contributed by atoms with E-state index in [4.69, 9.17) is 9.47 Å². The molecule has 8 nitrogen and oxygen atoms in total. The first-order valence-electron chi connectivity index (χ1n) is 12.7. The smallest absolute Gasteiger partial charge is 0.313 e. The van der Waals surface area contributed by atoms with E-state index in [1.54, 1.807) is 20.8 Å². The van der Waals surface area contributed by atoms with Crippen molar-refractivity contribution in [3.05, 3.63) is 94.4 Å². The summed E-state index contributed by atoms with van der Waals surface area (Å²) in [6, 6.07) is 16.7. The van der Waals surface area contributed by atoms with Gasteiger partial charge in [0.25, 0.3) is 5.91 Å². The van der Waals surface area contributed by atoms with Gasteiger partial charge in [-0.3, -0.25) is 14.4 Å². The molecule has 0 aliphatic heterocycles. The fraction of sp³-hybridized carbons (Fsp3) is 0.290. The van der Waals surface area contributed by atoms with Gasteiger partial charge in [-0.2, -0.15) is 0 Å². The number of nitrogens with zero attached hydrogens (tertiary/aromatic N) is 1. The summed E-state index contributed by atoms with van der Waals surface area (Å²) in [4.78, 5) is 42.7. The summed E-state index contributed by atoms with van der Waals surface area (Å²) in [5.41, 5.74) is 5.49. The summed E-state index contributed by atoms with van der Waals surface area (Å²) in [5, 5.41) is 5.60. The zero-order valence-corrected chi connectivity index (χ0v) is 23.4. The van der Waals surface area contributed by atoms with E-state index in [1.807, 2.05) is 57.2 Å². The van der Waals surface area contributed by atoms with E-state index in [9.17, 15) is 14.4 Å². The average molecular weight is 530 g/mol. The molecule has 0 fully saturated rings. The first kappa shape index (κ1) is 29.1. The van der Waals surface area contributed by atoms with Crippen molar-refractivity contribution in [1.29, 1.82) is 0 Å². The Morgan fingerprint density at radius 3 is 2.00 bits per heavy atom. The Kier molecular flexibility index (Phi) is 9.60. The molecule has 3 aromatic rings. The maximum Gasteiger partial charge on any atom is 0.313 e. The van der Waals surface area contributed by atoms with Crippen LogP contribution in [0, 0.1) is 19.8 Å². The quantitative estimate of drug-likeness (QED) is 0.379. The van der Waals surface area contributed by atoms with Gasteiger partial charge in [0.1, 0.15) is 6.04 Å². The van der Waals surface area contributed by atoms with E-state index >= 15 is 0 Å². The standard InChI is InChI=1S/C31H35N3O5/c1-18(2)31(37)39-28-25(38-7)14-15-32-27(28)30(36)34-22(6)29(35)33-21(5)26(23-12-8-10-19(3)16-23)24-13-9-11-20(4)17-24/h8-18,22H,1-7H3,(H,33,35)(H,34,36)/t22-/m0/s1. The lowest BCUT2D eigenvalue weighted by atomic mass is 9.94. The first-order chi connectivity index (χ1) is 18.5. The second-order valence-electron chi connectivity index (χ2n) is 9.69. The van der Waals surface area contributed by atoms with Gasteiger partial charge in [0.05, 0.1) is 13.0 Å². The van der Waals surface area contributed by atoms with Crippen molar-refractivity contribution in [2.45, 2.75) is 47.6 Å². The summed E-state index contributed by atoms with van der Waals surface area (Å²) in [6.45, 7) is 10.8. The lowest BCUT2D eigenvalue weighted by Gasteiger charge is -2.19. The van der Waals surface area contributed by atoms with Crippen LogP contribution in [0.1, 0.15) is 60.4 Å². The Labute approximate surface area is 229 Å². The minimum absolute atomic E-state index is 0.0962. The number of allylic oxidation sites excluding steroid dienone is 1. The first-order valence-corrected chi connectivity index (χ1v) is 12.7. The summed E-state index contributed by atoms with van der Waals surface area (Å²) < 4.78 is 10.7. The zero-order chi connectivity index (χ0) is 28.7. The molecule has 2 aromatic carbocycles. The van der Waals surface area contributed by atoms with Crippen molar-refractivity contribution in [3.8, 4) is 11.5 Å². The summed E-state index contributed by atoms with van der Waals surface area (Å²) in [7, 11) is 1.40. The molecular formula is C31H35N3O5. The highest BCUT2D eigenvalue weighted by Crippen LogP contribution is 2.30. The van der Waals surface area contributed by atoms with Crippen LogP contribution < -0.4 is 20.1 Å². The van der Waals surface area contributed by atoms with Crippen molar-refractivity contribution in [2.24, 2.45) is 5.92 Å². The van der Waals surface area contributed by atoms with Crippen LogP contribution in [0.5, 0.6) is 11.5 Å². The highest BCUT2D eigenvalue weighted by molar-refractivity contribution is 5.99. The zero-order valence-electron chi connectivity index (χ0n) is 23.4. The van der Waals surface area contributed by atoms with Crippen LogP contribution in [0.25, 0.3) is 5.57 Å². The summed E-state index contributed by atoms with van der Waals surface area (Å²) in [5.74, 6) is -1.98. The Hall–Kier alpha value is -4.46. The van der Waals surface area contributed by atoms with Crippen molar-refractivity contribution < 1.29 is 23.9 Å². The largest absolute Gasteiger partial charge is 0.493 e. The van der Waals surface area contributed by atoms with Gasteiger partial charge in [0, 0.05) is 23.5 Å². The predicted molar refractivity (Wildman–Crippen MR) is 150 cm³/mol. The van der Waals surface area contributed by atoms with Crippen LogP contribution in [-0.2, 0) is 9.59 Å². The van der Waals surface area contributed by atoms with Crippen LogP contribution in [0.2, 0.25) is 0 Å². The molecule has 1 atom stereocenters. The maximum atomic E-state index is 13.2. The molecule has 0 saturated carbocycles. The Balaban J connectivity index is 1.87. The SMILES string of the molecule is COc1ccnc(C(=O)N[C@@H](C)C(=O)NC(C)=C(c2cccc(C)c2)c2cccc(C)c2)c1OC(=O)C(C)C. The molecule has 0 spiro atoms. The number of ether oxygens (including phenoxy) is 2. The van der Waals surface area contributed by atoms with Gasteiger partial charge in [-0.25, -0.2) is 4.98 Å². The molecule has 1 aromatic heterocycles. The van der Waals surface area contributed by atoms with E-state index < -0.39 is 29.7 Å². The number of hydrogen-bond donors (Lipinski definition) is 2. The number of amides is 2. The molecule has 0 saturated heterocycles. The fourth-order valence-electron chi connectivity index (χ4n) is 3.96. The number of methoxy groups -OCH3 is 1. The molecule has 0 aliphatic carbocycles. The van der Waals surface area contributed by atoms with E-state index in [1.165, 1.54) is 19.4 Å². The van der Waals surface area contributed by atoms with E-state index in [2.05, 4.69) is 27.8 Å². The molecule has 0 aliphatic rings. The van der Waals surface area contributed by atoms with Crippen molar-refractivity contribution in [3.63, 3.8) is 0 Å². The monoisotopic (exact) mass is 529 g/mol. The minimum atomic E-state index is -0.926. The number of carbonyl (C=O) groups is 3. The van der Waals surface area contributed by atoms with Crippen LogP contribution in [-0.4, -0.2) is 35.9 Å². The number of hydrogen-bond acceptors (Lipinski definition) is 6. The molecule has 0 unspecified atom stereocenters. The molecular weight excluding hydrogens is 494 g/mol. The molecule has 2 amide bonds.